The van der Waals surface area contributed by atoms with Crippen LogP contribution < -0.4 is 5.73 Å². The number of ketones is 1. The van der Waals surface area contributed by atoms with Crippen molar-refractivity contribution < 1.29 is 9.53 Å². The van der Waals surface area contributed by atoms with Crippen LogP contribution in [-0.4, -0.2) is 32.3 Å². The SMILES string of the molecule is COCC(C)[C@H]1CC/N=C\c2scc(N)c2C1=O. The molecule has 1 aliphatic heterocycles. The summed E-state index contributed by atoms with van der Waals surface area (Å²) < 4.78 is 5.16. The van der Waals surface area contributed by atoms with Crippen LogP contribution in [0.3, 0.4) is 0 Å². The molecule has 18 heavy (non-hydrogen) atoms. The van der Waals surface area contributed by atoms with Crippen LogP contribution >= 0.6 is 11.3 Å². The van der Waals surface area contributed by atoms with Crippen molar-refractivity contribution in [1.29, 1.82) is 0 Å². The normalized spacial score (nSPS) is 23.0. The number of ether oxygens (including phenoxy) is 1. The van der Waals surface area contributed by atoms with Gasteiger partial charge in [-0.15, -0.1) is 11.3 Å². The van der Waals surface area contributed by atoms with Crippen molar-refractivity contribution in [2.45, 2.75) is 13.3 Å². The van der Waals surface area contributed by atoms with Gasteiger partial charge in [0.05, 0.1) is 16.1 Å². The van der Waals surface area contributed by atoms with Crippen molar-refractivity contribution in [2.24, 2.45) is 16.8 Å². The number of hydrogen-bond acceptors (Lipinski definition) is 5. The summed E-state index contributed by atoms with van der Waals surface area (Å²) in [6, 6.07) is 0. The van der Waals surface area contributed by atoms with Crippen molar-refractivity contribution in [1.82, 2.24) is 0 Å². The number of fused-ring (bicyclic) bond motifs is 1. The number of carbonyl (C=O) groups is 1. The summed E-state index contributed by atoms with van der Waals surface area (Å²) in [5.41, 5.74) is 7.13. The Bertz CT molecular complexity index is 468. The first-order valence-electron chi connectivity index (χ1n) is 6.05. The summed E-state index contributed by atoms with van der Waals surface area (Å²) in [6.07, 6.45) is 2.53. The van der Waals surface area contributed by atoms with Gasteiger partial charge in [0.15, 0.2) is 5.78 Å². The fourth-order valence-electron chi connectivity index (χ4n) is 2.35. The van der Waals surface area contributed by atoms with Gasteiger partial charge in [0.2, 0.25) is 0 Å². The van der Waals surface area contributed by atoms with Crippen LogP contribution in [0, 0.1) is 11.8 Å². The minimum Gasteiger partial charge on any atom is -0.397 e. The van der Waals surface area contributed by atoms with Crippen molar-refractivity contribution >= 4 is 29.0 Å². The largest absolute Gasteiger partial charge is 0.397 e. The summed E-state index contributed by atoms with van der Waals surface area (Å²) in [5, 5.41) is 1.82. The van der Waals surface area contributed by atoms with Crippen molar-refractivity contribution in [2.75, 3.05) is 26.0 Å². The Morgan fingerprint density at radius 3 is 3.17 bits per heavy atom. The number of methoxy groups -OCH3 is 1. The summed E-state index contributed by atoms with van der Waals surface area (Å²) in [4.78, 5) is 17.8. The molecule has 0 spiro atoms. The number of nitrogens with zero attached hydrogens (tertiary/aromatic N) is 1. The van der Waals surface area contributed by atoms with Crippen molar-refractivity contribution in [3.63, 3.8) is 0 Å². The van der Waals surface area contributed by atoms with E-state index >= 15 is 0 Å². The molecule has 0 saturated heterocycles. The molecule has 0 amide bonds. The number of nitrogen functional groups attached to an aromatic ring is 1. The average Bonchev–Trinajstić information content (AvgIpc) is 2.67. The molecule has 2 atom stereocenters. The fraction of sp³-hybridized carbons (Fsp3) is 0.538. The highest BCUT2D eigenvalue weighted by Gasteiger charge is 2.30. The van der Waals surface area contributed by atoms with Gasteiger partial charge in [0.25, 0.3) is 0 Å². The molecule has 0 bridgehead atoms. The molecule has 1 aromatic heterocycles. The Kier molecular flexibility index (Phi) is 4.14. The average molecular weight is 266 g/mol. The maximum Gasteiger partial charge on any atom is 0.169 e. The molecule has 2 rings (SSSR count). The molecule has 0 fully saturated rings. The quantitative estimate of drug-likeness (QED) is 0.912. The predicted octanol–water partition coefficient (Wildman–Crippen LogP) is 2.23. The molecule has 0 aromatic carbocycles. The van der Waals surface area contributed by atoms with E-state index in [2.05, 4.69) is 4.99 Å². The Hall–Kier alpha value is -1.20. The number of thiophene rings is 1. The molecular weight excluding hydrogens is 248 g/mol. The second-order valence-electron chi connectivity index (χ2n) is 4.66. The van der Waals surface area contributed by atoms with E-state index in [-0.39, 0.29) is 17.6 Å². The zero-order valence-corrected chi connectivity index (χ0v) is 11.5. The first kappa shape index (κ1) is 13.2. The highest BCUT2D eigenvalue weighted by molar-refractivity contribution is 7.12. The van der Waals surface area contributed by atoms with Crippen LogP contribution in [0.15, 0.2) is 10.4 Å². The second kappa shape index (κ2) is 5.63. The van der Waals surface area contributed by atoms with Crippen LogP contribution in [0.25, 0.3) is 0 Å². The van der Waals surface area contributed by atoms with Crippen molar-refractivity contribution in [3.8, 4) is 0 Å². The molecule has 2 heterocycles. The molecule has 0 aliphatic carbocycles. The lowest BCUT2D eigenvalue weighted by Crippen LogP contribution is -2.27. The second-order valence-corrected chi connectivity index (χ2v) is 5.57. The number of rotatable bonds is 3. The van der Waals surface area contributed by atoms with Crippen LogP contribution in [0.4, 0.5) is 5.69 Å². The highest BCUT2D eigenvalue weighted by Crippen LogP contribution is 2.31. The Balaban J connectivity index is 2.34. The first-order chi connectivity index (χ1) is 8.65. The van der Waals surface area contributed by atoms with Crippen LogP contribution in [0.2, 0.25) is 0 Å². The number of anilines is 1. The van der Waals surface area contributed by atoms with E-state index in [0.29, 0.717) is 24.4 Å². The third-order valence-corrected chi connectivity index (χ3v) is 4.26. The van der Waals surface area contributed by atoms with Gasteiger partial charge >= 0.3 is 0 Å². The topological polar surface area (TPSA) is 64.7 Å². The zero-order chi connectivity index (χ0) is 13.1. The van der Waals surface area contributed by atoms with Gasteiger partial charge in [-0.2, -0.15) is 0 Å². The first-order valence-corrected chi connectivity index (χ1v) is 6.93. The Morgan fingerprint density at radius 2 is 2.44 bits per heavy atom. The maximum absolute atomic E-state index is 12.6. The van der Waals surface area contributed by atoms with Gasteiger partial charge < -0.3 is 10.5 Å². The fourth-order valence-corrected chi connectivity index (χ4v) is 3.19. The number of hydrogen-bond donors (Lipinski definition) is 1. The summed E-state index contributed by atoms with van der Waals surface area (Å²) in [5.74, 6) is 0.264. The van der Waals surface area contributed by atoms with E-state index < -0.39 is 0 Å². The van der Waals surface area contributed by atoms with Gasteiger partial charge in [-0.3, -0.25) is 9.79 Å². The molecule has 0 radical (unpaired) electrons. The lowest BCUT2D eigenvalue weighted by molar-refractivity contribution is 0.0775. The van der Waals surface area contributed by atoms with Crippen LogP contribution in [-0.2, 0) is 4.74 Å². The van der Waals surface area contributed by atoms with Crippen LogP contribution in [0.5, 0.6) is 0 Å². The Labute approximate surface area is 111 Å². The van der Waals surface area contributed by atoms with E-state index in [4.69, 9.17) is 10.5 Å². The molecule has 2 N–H and O–H groups in total. The number of carbonyl (C=O) groups excluding carboxylic acids is 1. The van der Waals surface area contributed by atoms with E-state index in [0.717, 1.165) is 11.3 Å². The van der Waals surface area contributed by atoms with Gasteiger partial charge in [-0.1, -0.05) is 6.92 Å². The molecular formula is C13H18N2O2S. The molecule has 98 valence electrons. The number of nitrogens with two attached hydrogens (primary N) is 1. The summed E-state index contributed by atoms with van der Waals surface area (Å²) in [6.45, 7) is 3.31. The van der Waals surface area contributed by atoms with Gasteiger partial charge in [-0.05, 0) is 12.3 Å². The molecule has 1 aromatic rings. The smallest absolute Gasteiger partial charge is 0.169 e. The van der Waals surface area contributed by atoms with E-state index in [9.17, 15) is 4.79 Å². The highest BCUT2D eigenvalue weighted by atomic mass is 32.1. The van der Waals surface area contributed by atoms with Gasteiger partial charge in [-0.25, -0.2) is 0 Å². The Morgan fingerprint density at radius 1 is 1.67 bits per heavy atom. The maximum atomic E-state index is 12.6. The third-order valence-electron chi connectivity index (χ3n) is 3.33. The minimum absolute atomic E-state index is 0.0574. The van der Waals surface area contributed by atoms with Gasteiger partial charge in [0.1, 0.15) is 0 Å². The van der Waals surface area contributed by atoms with Crippen molar-refractivity contribution in [3.05, 3.63) is 15.8 Å². The molecule has 5 heteroatoms. The summed E-state index contributed by atoms with van der Waals surface area (Å²) in [7, 11) is 1.66. The predicted molar refractivity (Wildman–Crippen MR) is 74.7 cm³/mol. The number of Topliss-reactive ketones (excluding diaryl/α,β-unsaturated/α-hetero) is 1. The summed E-state index contributed by atoms with van der Waals surface area (Å²) >= 11 is 1.48. The molecule has 1 aliphatic rings. The lowest BCUT2D eigenvalue weighted by Gasteiger charge is -2.23. The minimum atomic E-state index is -0.0574. The molecule has 0 saturated carbocycles. The van der Waals surface area contributed by atoms with E-state index in [1.807, 2.05) is 12.3 Å². The van der Waals surface area contributed by atoms with E-state index in [1.165, 1.54) is 11.3 Å². The molecule has 4 nitrogen and oxygen atoms in total. The van der Waals surface area contributed by atoms with Crippen LogP contribution in [0.1, 0.15) is 28.6 Å². The monoisotopic (exact) mass is 266 g/mol. The molecule has 1 unspecified atom stereocenters. The third kappa shape index (κ3) is 2.47. The number of aliphatic imine (C=N–C) groups is 1. The zero-order valence-electron chi connectivity index (χ0n) is 10.7. The lowest BCUT2D eigenvalue weighted by atomic mass is 9.84. The standard InChI is InChI=1S/C13H18N2O2S/c1-8(6-17-2)9-3-4-15-5-11-12(13(9)16)10(14)7-18-11/h5,7-9H,3-4,6,14H2,1-2H3/b15-5-/t8?,9-/m1/s1. The van der Waals surface area contributed by atoms with Gasteiger partial charge in [0, 0.05) is 37.8 Å². The van der Waals surface area contributed by atoms with E-state index in [1.54, 1.807) is 13.3 Å².